The summed E-state index contributed by atoms with van der Waals surface area (Å²) in [5.74, 6) is -1.76. The van der Waals surface area contributed by atoms with Gasteiger partial charge in [0.05, 0.1) is 5.56 Å². The van der Waals surface area contributed by atoms with E-state index in [0.717, 1.165) is 34.4 Å². The first-order chi connectivity index (χ1) is 16.2. The molecule has 1 unspecified atom stereocenters. The SMILES string of the molecule is O=C(NC(Cc1c(Cl)cccc1C(F)(F)F)C(=O)O)OCC1c2ccccc2-c2ccccc21. The number of hydrogen-bond acceptors (Lipinski definition) is 3. The maximum Gasteiger partial charge on any atom is 0.416 e. The van der Waals surface area contributed by atoms with Gasteiger partial charge in [0, 0.05) is 17.4 Å². The topological polar surface area (TPSA) is 75.6 Å². The van der Waals surface area contributed by atoms with Gasteiger partial charge >= 0.3 is 18.2 Å². The number of benzene rings is 3. The fourth-order valence-electron chi connectivity index (χ4n) is 4.22. The number of hydrogen-bond donors (Lipinski definition) is 2. The molecule has 0 fully saturated rings. The number of carboxylic acid groups (broad SMARTS) is 1. The molecule has 3 aromatic rings. The molecule has 0 heterocycles. The van der Waals surface area contributed by atoms with Crippen molar-refractivity contribution >= 4 is 23.7 Å². The third kappa shape index (κ3) is 4.72. The molecule has 176 valence electrons. The maximum absolute atomic E-state index is 13.4. The highest BCUT2D eigenvalue weighted by atomic mass is 35.5. The average Bonchev–Trinajstić information content (AvgIpc) is 3.11. The highest BCUT2D eigenvalue weighted by Crippen LogP contribution is 2.44. The van der Waals surface area contributed by atoms with Crippen molar-refractivity contribution in [3.63, 3.8) is 0 Å². The van der Waals surface area contributed by atoms with E-state index in [-0.39, 0.29) is 17.5 Å². The molecule has 0 aliphatic heterocycles. The van der Waals surface area contributed by atoms with Crippen LogP contribution in [0.25, 0.3) is 11.1 Å². The van der Waals surface area contributed by atoms with Gasteiger partial charge in [-0.25, -0.2) is 9.59 Å². The van der Waals surface area contributed by atoms with Crippen LogP contribution >= 0.6 is 11.6 Å². The predicted molar refractivity (Wildman–Crippen MR) is 120 cm³/mol. The van der Waals surface area contributed by atoms with Gasteiger partial charge < -0.3 is 15.2 Å². The van der Waals surface area contributed by atoms with Crippen molar-refractivity contribution in [1.82, 2.24) is 5.32 Å². The second kappa shape index (κ2) is 9.38. The molecule has 0 saturated carbocycles. The molecule has 1 aliphatic carbocycles. The first-order valence-electron chi connectivity index (χ1n) is 10.4. The zero-order valence-corrected chi connectivity index (χ0v) is 18.4. The molecule has 0 spiro atoms. The number of carbonyl (C=O) groups excluding carboxylic acids is 1. The van der Waals surface area contributed by atoms with Crippen molar-refractivity contribution < 1.29 is 32.6 Å². The van der Waals surface area contributed by atoms with Gasteiger partial charge in [0.1, 0.15) is 12.6 Å². The number of rotatable bonds is 6. The highest BCUT2D eigenvalue weighted by Gasteiger charge is 2.36. The number of alkyl carbamates (subject to hydrolysis) is 1. The smallest absolute Gasteiger partial charge is 0.416 e. The number of ether oxygens (including phenoxy) is 1. The van der Waals surface area contributed by atoms with Crippen LogP contribution in [0.4, 0.5) is 18.0 Å². The quantitative estimate of drug-likeness (QED) is 0.452. The average molecular weight is 490 g/mol. The van der Waals surface area contributed by atoms with Crippen LogP contribution in [0.1, 0.15) is 28.2 Å². The van der Waals surface area contributed by atoms with Gasteiger partial charge in [0.2, 0.25) is 0 Å². The summed E-state index contributed by atoms with van der Waals surface area (Å²) >= 11 is 5.93. The number of nitrogens with one attached hydrogen (secondary N) is 1. The molecular weight excluding hydrogens is 471 g/mol. The van der Waals surface area contributed by atoms with Crippen LogP contribution < -0.4 is 5.32 Å². The monoisotopic (exact) mass is 489 g/mol. The van der Waals surface area contributed by atoms with Gasteiger partial charge in [-0.15, -0.1) is 0 Å². The molecule has 1 amide bonds. The Hall–Kier alpha value is -3.52. The first-order valence-corrected chi connectivity index (χ1v) is 10.7. The number of halogens is 4. The summed E-state index contributed by atoms with van der Waals surface area (Å²) in [4.78, 5) is 24.1. The minimum absolute atomic E-state index is 0.0634. The molecular formula is C25H19ClF3NO4. The van der Waals surface area contributed by atoms with E-state index in [0.29, 0.717) is 0 Å². The van der Waals surface area contributed by atoms with Crippen LogP contribution in [0.5, 0.6) is 0 Å². The van der Waals surface area contributed by atoms with Gasteiger partial charge in [-0.3, -0.25) is 0 Å². The standard InChI is InChI=1S/C25H19ClF3NO4/c26-21-11-5-10-20(25(27,28)29)18(21)12-22(23(31)32)30-24(33)34-13-19-16-8-3-1-6-14(16)15-7-2-4-9-17(15)19/h1-11,19,22H,12-13H2,(H,30,33)(H,31,32). The normalized spacial score (nSPS) is 13.6. The highest BCUT2D eigenvalue weighted by molar-refractivity contribution is 6.31. The van der Waals surface area contributed by atoms with Crippen molar-refractivity contribution in [3.05, 3.63) is 94.0 Å². The summed E-state index contributed by atoms with van der Waals surface area (Å²) in [6.07, 6.45) is -6.43. The second-order valence-electron chi connectivity index (χ2n) is 7.83. The molecule has 0 radical (unpaired) electrons. The molecule has 2 N–H and O–H groups in total. The largest absolute Gasteiger partial charge is 0.480 e. The van der Waals surface area contributed by atoms with Crippen LogP contribution in [0.15, 0.2) is 66.7 Å². The predicted octanol–water partition coefficient (Wildman–Crippen LogP) is 5.89. The van der Waals surface area contributed by atoms with Crippen molar-refractivity contribution in [3.8, 4) is 11.1 Å². The number of amides is 1. The van der Waals surface area contributed by atoms with Crippen molar-refractivity contribution in [2.45, 2.75) is 24.6 Å². The fourth-order valence-corrected chi connectivity index (χ4v) is 4.47. The van der Waals surface area contributed by atoms with Crippen molar-refractivity contribution in [1.29, 1.82) is 0 Å². The third-order valence-electron chi connectivity index (χ3n) is 5.77. The van der Waals surface area contributed by atoms with E-state index in [1.54, 1.807) is 0 Å². The molecule has 34 heavy (non-hydrogen) atoms. The van der Waals surface area contributed by atoms with E-state index in [1.807, 2.05) is 48.5 Å². The number of alkyl halides is 3. The summed E-state index contributed by atoms with van der Waals surface area (Å²) in [7, 11) is 0. The molecule has 0 aromatic heterocycles. The molecule has 0 bridgehead atoms. The van der Waals surface area contributed by atoms with Crippen molar-refractivity contribution in [2.75, 3.05) is 6.61 Å². The van der Waals surface area contributed by atoms with Gasteiger partial charge in [0.25, 0.3) is 0 Å². The van der Waals surface area contributed by atoms with Crippen molar-refractivity contribution in [2.24, 2.45) is 0 Å². The third-order valence-corrected chi connectivity index (χ3v) is 6.12. The zero-order chi connectivity index (χ0) is 24.5. The number of aliphatic carboxylic acids is 1. The van der Waals surface area contributed by atoms with Crippen LogP contribution in [0.2, 0.25) is 5.02 Å². The lowest BCUT2D eigenvalue weighted by Crippen LogP contribution is -2.43. The Bertz CT molecular complexity index is 1200. The molecule has 1 aliphatic rings. The van der Waals surface area contributed by atoms with Crippen LogP contribution in [-0.4, -0.2) is 29.8 Å². The molecule has 0 saturated heterocycles. The van der Waals surface area contributed by atoms with Crippen LogP contribution in [0.3, 0.4) is 0 Å². The first kappa shape index (κ1) is 23.6. The Morgan fingerprint density at radius 3 is 2.12 bits per heavy atom. The van der Waals surface area contributed by atoms with E-state index in [2.05, 4.69) is 5.32 Å². The maximum atomic E-state index is 13.4. The number of carbonyl (C=O) groups is 2. The second-order valence-corrected chi connectivity index (χ2v) is 8.24. The summed E-state index contributed by atoms with van der Waals surface area (Å²) in [5.41, 5.74) is 2.51. The Kier molecular flexibility index (Phi) is 6.52. The summed E-state index contributed by atoms with van der Waals surface area (Å²) in [6.45, 7) is -0.0634. The van der Waals surface area contributed by atoms with E-state index < -0.39 is 41.8 Å². The van der Waals surface area contributed by atoms with E-state index in [9.17, 15) is 27.9 Å². The van der Waals surface area contributed by atoms with Crippen LogP contribution in [-0.2, 0) is 22.1 Å². The van der Waals surface area contributed by atoms with E-state index in [1.165, 1.54) is 6.07 Å². The zero-order valence-electron chi connectivity index (χ0n) is 17.6. The minimum atomic E-state index is -4.73. The molecule has 3 aromatic carbocycles. The molecule has 4 rings (SSSR count). The lowest BCUT2D eigenvalue weighted by Gasteiger charge is -2.20. The molecule has 1 atom stereocenters. The number of fused-ring (bicyclic) bond motifs is 3. The van der Waals surface area contributed by atoms with Gasteiger partial charge in [-0.2, -0.15) is 13.2 Å². The summed E-state index contributed by atoms with van der Waals surface area (Å²) < 4.78 is 45.4. The molecule has 9 heteroatoms. The minimum Gasteiger partial charge on any atom is -0.480 e. The Labute approximate surface area is 198 Å². The van der Waals surface area contributed by atoms with Gasteiger partial charge in [-0.05, 0) is 39.9 Å². The summed E-state index contributed by atoms with van der Waals surface area (Å²) in [5, 5.41) is 11.4. The van der Waals surface area contributed by atoms with Gasteiger partial charge in [-0.1, -0.05) is 66.2 Å². The summed E-state index contributed by atoms with van der Waals surface area (Å²) in [6, 6.07) is 16.9. The molecule has 5 nitrogen and oxygen atoms in total. The fraction of sp³-hybridized carbons (Fsp3) is 0.200. The Morgan fingerprint density at radius 2 is 1.56 bits per heavy atom. The van der Waals surface area contributed by atoms with E-state index in [4.69, 9.17) is 16.3 Å². The Morgan fingerprint density at radius 1 is 0.971 bits per heavy atom. The van der Waals surface area contributed by atoms with Gasteiger partial charge in [0.15, 0.2) is 0 Å². The lowest BCUT2D eigenvalue weighted by molar-refractivity contribution is -0.141. The number of carboxylic acids is 1. The lowest BCUT2D eigenvalue weighted by atomic mass is 9.98. The van der Waals surface area contributed by atoms with Crippen LogP contribution in [0, 0.1) is 0 Å². The Balaban J connectivity index is 1.48. The van der Waals surface area contributed by atoms with E-state index >= 15 is 0 Å².